The van der Waals surface area contributed by atoms with Crippen LogP contribution in [0.4, 0.5) is 0 Å². The third-order valence-electron chi connectivity index (χ3n) is 2.73. The highest BCUT2D eigenvalue weighted by Gasteiger charge is 2.21. The molecule has 0 spiro atoms. The van der Waals surface area contributed by atoms with Gasteiger partial charge in [0.1, 0.15) is 13.2 Å². The first kappa shape index (κ1) is 14.4. The predicted octanol–water partition coefficient (Wildman–Crippen LogP) is 0.978. The van der Waals surface area contributed by atoms with Crippen molar-refractivity contribution in [1.29, 1.82) is 5.26 Å². The van der Waals surface area contributed by atoms with E-state index in [1.807, 2.05) is 6.07 Å². The Morgan fingerprint density at radius 2 is 2.06 bits per heavy atom. The highest BCUT2D eigenvalue weighted by molar-refractivity contribution is 7.70. The van der Waals surface area contributed by atoms with Gasteiger partial charge < -0.3 is 15.4 Å². The largest absolute Gasteiger partial charge is 0.480 e. The lowest BCUT2D eigenvalue weighted by Gasteiger charge is -2.14. The Bertz CT molecular complexity index is 519. The van der Waals surface area contributed by atoms with Crippen LogP contribution >= 0.6 is 7.14 Å². The fourth-order valence-corrected chi connectivity index (χ4v) is 3.30. The molecule has 0 saturated carbocycles. The van der Waals surface area contributed by atoms with Gasteiger partial charge in [-0.2, -0.15) is 5.26 Å². The lowest BCUT2D eigenvalue weighted by Crippen LogP contribution is -2.31. The highest BCUT2D eigenvalue weighted by atomic mass is 31.2. The van der Waals surface area contributed by atoms with Crippen molar-refractivity contribution in [3.63, 3.8) is 0 Å². The van der Waals surface area contributed by atoms with E-state index in [2.05, 4.69) is 0 Å². The predicted molar refractivity (Wildman–Crippen MR) is 69.4 cm³/mol. The highest BCUT2D eigenvalue weighted by Crippen LogP contribution is 2.40. The molecule has 5 nitrogen and oxygen atoms in total. The van der Waals surface area contributed by atoms with Crippen molar-refractivity contribution in [2.75, 3.05) is 12.8 Å². The van der Waals surface area contributed by atoms with E-state index < -0.39 is 19.2 Å². The zero-order valence-corrected chi connectivity index (χ0v) is 10.9. The van der Waals surface area contributed by atoms with E-state index in [9.17, 15) is 9.36 Å². The molecule has 1 aromatic rings. The minimum absolute atomic E-state index is 0.170. The van der Waals surface area contributed by atoms with Crippen LogP contribution in [-0.4, -0.2) is 29.9 Å². The molecule has 0 aliphatic rings. The van der Waals surface area contributed by atoms with Crippen LogP contribution in [0.3, 0.4) is 0 Å². The summed E-state index contributed by atoms with van der Waals surface area (Å²) >= 11 is 0. The van der Waals surface area contributed by atoms with Gasteiger partial charge in [-0.3, -0.25) is 4.79 Å². The Balaban J connectivity index is 2.77. The van der Waals surface area contributed by atoms with Gasteiger partial charge >= 0.3 is 5.97 Å². The maximum atomic E-state index is 12.4. The number of carboxylic acids is 1. The molecule has 0 bridgehead atoms. The Labute approximate surface area is 106 Å². The van der Waals surface area contributed by atoms with Gasteiger partial charge in [0, 0.05) is 11.5 Å². The Morgan fingerprint density at radius 1 is 1.50 bits per heavy atom. The average Bonchev–Trinajstić information content (AvgIpc) is 2.36. The van der Waals surface area contributed by atoms with E-state index in [1.54, 1.807) is 30.9 Å². The molecule has 0 fully saturated rings. The van der Waals surface area contributed by atoms with Gasteiger partial charge in [0.2, 0.25) is 0 Å². The summed E-state index contributed by atoms with van der Waals surface area (Å²) in [5, 5.41) is 18.0. The van der Waals surface area contributed by atoms with Crippen LogP contribution in [0.25, 0.3) is 0 Å². The second kappa shape index (κ2) is 5.81. The number of nitrogens with zero attached hydrogens (tertiary/aromatic N) is 1. The van der Waals surface area contributed by atoms with Gasteiger partial charge in [-0.15, -0.1) is 0 Å². The number of rotatable bonds is 5. The van der Waals surface area contributed by atoms with Crippen LogP contribution in [0, 0.1) is 11.3 Å². The lowest BCUT2D eigenvalue weighted by atomic mass is 10.2. The SMILES string of the molecule is CP(=O)(CCC(N)C(=O)O)c1ccc(C#N)cc1. The molecule has 0 amide bonds. The number of nitrogens with two attached hydrogens (primary N) is 1. The fraction of sp³-hybridized carbons (Fsp3) is 0.333. The first-order chi connectivity index (χ1) is 8.36. The maximum absolute atomic E-state index is 12.4. The summed E-state index contributed by atoms with van der Waals surface area (Å²) in [7, 11) is -2.62. The molecule has 0 aliphatic carbocycles. The summed E-state index contributed by atoms with van der Waals surface area (Å²) in [6, 6.07) is 7.48. The molecule has 3 N–H and O–H groups in total. The van der Waals surface area contributed by atoms with Gasteiger partial charge in [-0.1, -0.05) is 12.1 Å². The zero-order valence-electron chi connectivity index (χ0n) is 10.0. The molecule has 18 heavy (non-hydrogen) atoms. The van der Waals surface area contributed by atoms with Gasteiger partial charge in [-0.05, 0) is 25.2 Å². The quantitative estimate of drug-likeness (QED) is 0.773. The first-order valence-corrected chi connectivity index (χ1v) is 7.76. The standard InChI is InChI=1S/C12H15N2O3P/c1-18(17,7-6-11(14)12(15)16)10-4-2-9(8-13)3-5-10/h2-5,11H,6-7,14H2,1H3,(H,15,16). The topological polar surface area (TPSA) is 104 Å². The molecule has 0 radical (unpaired) electrons. The smallest absolute Gasteiger partial charge is 0.320 e. The molecular formula is C12H15N2O3P. The van der Waals surface area contributed by atoms with E-state index in [1.165, 1.54) is 0 Å². The molecule has 0 saturated heterocycles. The monoisotopic (exact) mass is 266 g/mol. The maximum Gasteiger partial charge on any atom is 0.320 e. The lowest BCUT2D eigenvalue weighted by molar-refractivity contribution is -0.138. The minimum Gasteiger partial charge on any atom is -0.480 e. The van der Waals surface area contributed by atoms with Crippen molar-refractivity contribution in [2.24, 2.45) is 5.73 Å². The van der Waals surface area contributed by atoms with Crippen molar-refractivity contribution in [1.82, 2.24) is 0 Å². The van der Waals surface area contributed by atoms with Crippen LogP contribution in [0.1, 0.15) is 12.0 Å². The van der Waals surface area contributed by atoms with Gasteiger partial charge in [-0.25, -0.2) is 0 Å². The number of hydrogen-bond donors (Lipinski definition) is 2. The Kier molecular flexibility index (Phi) is 4.66. The average molecular weight is 266 g/mol. The number of carboxylic acid groups (broad SMARTS) is 1. The molecule has 0 aliphatic heterocycles. The van der Waals surface area contributed by atoms with E-state index in [-0.39, 0.29) is 12.6 Å². The van der Waals surface area contributed by atoms with Crippen molar-refractivity contribution in [3.8, 4) is 6.07 Å². The van der Waals surface area contributed by atoms with Gasteiger partial charge in [0.15, 0.2) is 0 Å². The molecule has 96 valence electrons. The van der Waals surface area contributed by atoms with Gasteiger partial charge in [0.25, 0.3) is 0 Å². The summed E-state index contributed by atoms with van der Waals surface area (Å²) in [6.07, 6.45) is 0.412. The zero-order chi connectivity index (χ0) is 13.8. The molecule has 6 heteroatoms. The van der Waals surface area contributed by atoms with Crippen LogP contribution in [0.5, 0.6) is 0 Å². The van der Waals surface area contributed by atoms with Crippen molar-refractivity contribution >= 4 is 18.4 Å². The third kappa shape index (κ3) is 3.69. The molecule has 2 unspecified atom stereocenters. The van der Waals surface area contributed by atoms with Crippen LogP contribution in [0.15, 0.2) is 24.3 Å². The van der Waals surface area contributed by atoms with E-state index >= 15 is 0 Å². The molecule has 0 heterocycles. The van der Waals surface area contributed by atoms with Crippen molar-refractivity contribution in [3.05, 3.63) is 29.8 Å². The van der Waals surface area contributed by atoms with Crippen LogP contribution < -0.4 is 11.0 Å². The number of benzene rings is 1. The van der Waals surface area contributed by atoms with E-state index in [4.69, 9.17) is 16.1 Å². The summed E-state index contributed by atoms with van der Waals surface area (Å²) < 4.78 is 12.4. The van der Waals surface area contributed by atoms with E-state index in [0.29, 0.717) is 10.9 Å². The van der Waals surface area contributed by atoms with E-state index in [0.717, 1.165) is 0 Å². The van der Waals surface area contributed by atoms with Crippen LogP contribution in [0.2, 0.25) is 0 Å². The number of nitriles is 1. The normalized spacial score (nSPS) is 15.4. The molecule has 2 atom stereocenters. The molecule has 0 aromatic heterocycles. The number of carbonyl (C=O) groups is 1. The molecular weight excluding hydrogens is 251 g/mol. The van der Waals surface area contributed by atoms with Gasteiger partial charge in [0.05, 0.1) is 11.6 Å². The molecule has 1 rings (SSSR count). The minimum atomic E-state index is -2.62. The summed E-state index contributed by atoms with van der Waals surface area (Å²) in [5.41, 5.74) is 5.88. The second-order valence-electron chi connectivity index (χ2n) is 4.22. The summed E-state index contributed by atoms with van der Waals surface area (Å²) in [6.45, 7) is 1.60. The first-order valence-electron chi connectivity index (χ1n) is 5.42. The summed E-state index contributed by atoms with van der Waals surface area (Å²) in [5.74, 6) is -1.09. The second-order valence-corrected chi connectivity index (χ2v) is 7.38. The molecule has 1 aromatic carbocycles. The fourth-order valence-electron chi connectivity index (χ4n) is 1.49. The summed E-state index contributed by atoms with van der Waals surface area (Å²) in [4.78, 5) is 10.6. The third-order valence-corrected chi connectivity index (χ3v) is 5.23. The Morgan fingerprint density at radius 3 is 2.50 bits per heavy atom. The number of aliphatic carboxylic acids is 1. The van der Waals surface area contributed by atoms with Crippen molar-refractivity contribution in [2.45, 2.75) is 12.5 Å². The Hall–Kier alpha value is -1.63. The number of hydrogen-bond acceptors (Lipinski definition) is 4. The van der Waals surface area contributed by atoms with Crippen molar-refractivity contribution < 1.29 is 14.5 Å². The van der Waals surface area contributed by atoms with Crippen LogP contribution in [-0.2, 0) is 9.36 Å².